The maximum atomic E-state index is 10.9. The summed E-state index contributed by atoms with van der Waals surface area (Å²) in [5.41, 5.74) is 2.28. The molecule has 0 saturated carbocycles. The first-order chi connectivity index (χ1) is 11.1. The number of nitrogens with zero attached hydrogens (tertiary/aromatic N) is 1. The lowest BCUT2D eigenvalue weighted by molar-refractivity contribution is 0.0696. The summed E-state index contributed by atoms with van der Waals surface area (Å²) in [7, 11) is 0. The first kappa shape index (κ1) is 16.1. The van der Waals surface area contributed by atoms with Crippen LogP contribution in [0.3, 0.4) is 0 Å². The minimum atomic E-state index is -0.952. The number of fused-ring (bicyclic) bond motifs is 1. The molecule has 0 aromatic heterocycles. The molecule has 1 unspecified atom stereocenters. The van der Waals surface area contributed by atoms with Crippen molar-refractivity contribution in [3.05, 3.63) is 65.2 Å². The van der Waals surface area contributed by atoms with Crippen molar-refractivity contribution in [3.63, 3.8) is 0 Å². The maximum Gasteiger partial charge on any atom is 0.335 e. The molecule has 1 aliphatic heterocycles. The van der Waals surface area contributed by atoms with E-state index in [1.807, 2.05) is 17.8 Å². The minimum Gasteiger partial charge on any atom is -0.478 e. The van der Waals surface area contributed by atoms with Gasteiger partial charge in [-0.05, 0) is 29.3 Å². The third-order valence-electron chi connectivity index (χ3n) is 4.01. The molecule has 1 aliphatic rings. The number of aliphatic hydroxyl groups is 1. The van der Waals surface area contributed by atoms with E-state index in [2.05, 4.69) is 23.1 Å². The second kappa shape index (κ2) is 7.17. The molecule has 2 aromatic carbocycles. The van der Waals surface area contributed by atoms with E-state index in [4.69, 9.17) is 5.11 Å². The highest BCUT2D eigenvalue weighted by atomic mass is 32.2. The second-order valence-electron chi connectivity index (χ2n) is 5.63. The molecule has 0 amide bonds. The van der Waals surface area contributed by atoms with E-state index in [9.17, 15) is 9.90 Å². The average Bonchev–Trinajstić information content (AvgIpc) is 2.76. The van der Waals surface area contributed by atoms with Crippen molar-refractivity contribution < 1.29 is 15.0 Å². The van der Waals surface area contributed by atoms with Crippen LogP contribution in [-0.4, -0.2) is 39.9 Å². The summed E-state index contributed by atoms with van der Waals surface area (Å²) in [5, 5.41) is 19.4. The summed E-state index contributed by atoms with van der Waals surface area (Å²) in [6.45, 7) is 2.29. The van der Waals surface area contributed by atoms with Crippen LogP contribution >= 0.6 is 11.8 Å². The lowest BCUT2D eigenvalue weighted by Crippen LogP contribution is -2.29. The van der Waals surface area contributed by atoms with E-state index >= 15 is 0 Å². The second-order valence-corrected chi connectivity index (χ2v) is 6.77. The van der Waals surface area contributed by atoms with Gasteiger partial charge in [-0.25, -0.2) is 4.79 Å². The zero-order valence-electron chi connectivity index (χ0n) is 12.7. The average molecular weight is 329 g/mol. The molecule has 0 aliphatic carbocycles. The number of aromatic carboxylic acids is 1. The lowest BCUT2D eigenvalue weighted by atomic mass is 10.1. The van der Waals surface area contributed by atoms with Gasteiger partial charge in [0.2, 0.25) is 0 Å². The normalized spacial score (nSPS) is 16.4. The zero-order valence-corrected chi connectivity index (χ0v) is 13.5. The summed E-state index contributed by atoms with van der Waals surface area (Å²) in [4.78, 5) is 14.4. The van der Waals surface area contributed by atoms with Crippen LogP contribution in [0.4, 0.5) is 0 Å². The standard InChI is InChI=1S/C18H19NO3S/c20-16(13-5-7-14(8-6-13)18(21)22)12-19-9-10-23-17-4-2-1-3-15(17)11-19/h1-8,16,20H,9-12H2,(H,21,22). The number of carbonyl (C=O) groups is 1. The highest BCUT2D eigenvalue weighted by Crippen LogP contribution is 2.28. The number of benzene rings is 2. The van der Waals surface area contributed by atoms with Crippen LogP contribution in [0.25, 0.3) is 0 Å². The first-order valence-electron chi connectivity index (χ1n) is 7.58. The smallest absolute Gasteiger partial charge is 0.335 e. The maximum absolute atomic E-state index is 10.9. The molecule has 2 aromatic rings. The predicted molar refractivity (Wildman–Crippen MR) is 90.8 cm³/mol. The third kappa shape index (κ3) is 3.93. The summed E-state index contributed by atoms with van der Waals surface area (Å²) < 4.78 is 0. The Labute approximate surface area is 139 Å². The fourth-order valence-electron chi connectivity index (χ4n) is 2.73. The van der Waals surface area contributed by atoms with Gasteiger partial charge in [0, 0.05) is 30.3 Å². The zero-order chi connectivity index (χ0) is 16.2. The molecular formula is C18H19NO3S. The number of carboxylic acids is 1. The van der Waals surface area contributed by atoms with Crippen molar-refractivity contribution >= 4 is 17.7 Å². The van der Waals surface area contributed by atoms with Crippen LogP contribution in [-0.2, 0) is 6.54 Å². The molecule has 4 nitrogen and oxygen atoms in total. The lowest BCUT2D eigenvalue weighted by Gasteiger charge is -2.23. The Morgan fingerprint density at radius 1 is 1.17 bits per heavy atom. The summed E-state index contributed by atoms with van der Waals surface area (Å²) >= 11 is 1.85. The molecule has 120 valence electrons. The topological polar surface area (TPSA) is 60.8 Å². The number of hydrogen-bond donors (Lipinski definition) is 2. The molecule has 0 radical (unpaired) electrons. The van der Waals surface area contributed by atoms with Gasteiger partial charge in [-0.1, -0.05) is 30.3 Å². The molecule has 0 spiro atoms. The monoisotopic (exact) mass is 329 g/mol. The van der Waals surface area contributed by atoms with Crippen LogP contribution in [0.15, 0.2) is 53.4 Å². The number of rotatable bonds is 4. The van der Waals surface area contributed by atoms with Gasteiger partial charge in [-0.2, -0.15) is 0 Å². The fraction of sp³-hybridized carbons (Fsp3) is 0.278. The van der Waals surface area contributed by atoms with Crippen LogP contribution in [0, 0.1) is 0 Å². The molecule has 5 heteroatoms. The number of aliphatic hydroxyl groups excluding tert-OH is 1. The van der Waals surface area contributed by atoms with Gasteiger partial charge in [-0.3, -0.25) is 4.90 Å². The van der Waals surface area contributed by atoms with Crippen LogP contribution in [0.5, 0.6) is 0 Å². The minimum absolute atomic E-state index is 0.237. The van der Waals surface area contributed by atoms with Crippen LogP contribution in [0.1, 0.15) is 27.6 Å². The number of carboxylic acid groups (broad SMARTS) is 1. The van der Waals surface area contributed by atoms with Gasteiger partial charge in [0.15, 0.2) is 0 Å². The quantitative estimate of drug-likeness (QED) is 0.903. The molecule has 0 fully saturated rings. The number of β-amino-alcohol motifs (C(OH)–C–C–N with tert-alkyl or cyclic N) is 1. The van der Waals surface area contributed by atoms with Gasteiger partial charge >= 0.3 is 5.97 Å². The molecular weight excluding hydrogens is 310 g/mol. The number of hydrogen-bond acceptors (Lipinski definition) is 4. The van der Waals surface area contributed by atoms with E-state index in [-0.39, 0.29) is 5.56 Å². The largest absolute Gasteiger partial charge is 0.478 e. The van der Waals surface area contributed by atoms with Crippen molar-refractivity contribution in [2.75, 3.05) is 18.8 Å². The van der Waals surface area contributed by atoms with E-state index < -0.39 is 12.1 Å². The Bertz CT molecular complexity index is 687. The summed E-state index contributed by atoms with van der Waals surface area (Å²) in [6.07, 6.45) is -0.617. The molecule has 23 heavy (non-hydrogen) atoms. The number of thioether (sulfide) groups is 1. The van der Waals surface area contributed by atoms with Gasteiger partial charge in [0.1, 0.15) is 0 Å². The van der Waals surface area contributed by atoms with Crippen molar-refractivity contribution in [3.8, 4) is 0 Å². The van der Waals surface area contributed by atoms with Crippen molar-refractivity contribution in [2.24, 2.45) is 0 Å². The molecule has 1 atom stereocenters. The SMILES string of the molecule is O=C(O)c1ccc(C(O)CN2CCSc3ccccc3C2)cc1. The fourth-order valence-corrected chi connectivity index (χ4v) is 3.80. The molecule has 3 rings (SSSR count). The molecule has 1 heterocycles. The molecule has 0 saturated heterocycles. The Kier molecular flexibility index (Phi) is 5.00. The van der Waals surface area contributed by atoms with E-state index in [0.717, 1.165) is 24.4 Å². The van der Waals surface area contributed by atoms with Gasteiger partial charge < -0.3 is 10.2 Å². The Morgan fingerprint density at radius 3 is 2.65 bits per heavy atom. The Hall–Kier alpha value is -1.82. The highest BCUT2D eigenvalue weighted by Gasteiger charge is 2.18. The summed E-state index contributed by atoms with van der Waals surface area (Å²) in [6, 6.07) is 14.8. The van der Waals surface area contributed by atoms with Crippen molar-refractivity contribution in [1.29, 1.82) is 0 Å². The summed E-state index contributed by atoms with van der Waals surface area (Å²) in [5.74, 6) is 0.0500. The first-order valence-corrected chi connectivity index (χ1v) is 8.56. The highest BCUT2D eigenvalue weighted by molar-refractivity contribution is 7.99. The van der Waals surface area contributed by atoms with Gasteiger partial charge in [0.05, 0.1) is 11.7 Å². The third-order valence-corrected chi connectivity index (χ3v) is 5.10. The van der Waals surface area contributed by atoms with Gasteiger partial charge in [-0.15, -0.1) is 11.8 Å². The molecule has 0 bridgehead atoms. The van der Waals surface area contributed by atoms with E-state index in [1.54, 1.807) is 12.1 Å². The predicted octanol–water partition coefficient (Wildman–Crippen LogP) is 3.03. The Balaban J connectivity index is 1.67. The van der Waals surface area contributed by atoms with Crippen LogP contribution < -0.4 is 0 Å². The van der Waals surface area contributed by atoms with E-state index in [1.165, 1.54) is 22.6 Å². The molecule has 2 N–H and O–H groups in total. The van der Waals surface area contributed by atoms with Crippen molar-refractivity contribution in [1.82, 2.24) is 4.90 Å². The van der Waals surface area contributed by atoms with Gasteiger partial charge in [0.25, 0.3) is 0 Å². The van der Waals surface area contributed by atoms with E-state index in [0.29, 0.717) is 6.54 Å². The Morgan fingerprint density at radius 2 is 1.91 bits per heavy atom. The van der Waals surface area contributed by atoms with Crippen molar-refractivity contribution in [2.45, 2.75) is 17.5 Å². The van der Waals surface area contributed by atoms with Crippen LogP contribution in [0.2, 0.25) is 0 Å².